The number of rotatable bonds is 2. The van der Waals surface area contributed by atoms with E-state index in [9.17, 15) is 9.18 Å². The van der Waals surface area contributed by atoms with Crippen molar-refractivity contribution in [2.24, 2.45) is 0 Å². The molecule has 1 aliphatic carbocycles. The van der Waals surface area contributed by atoms with E-state index in [2.05, 4.69) is 5.32 Å². The maximum Gasteiger partial charge on any atom is 0.261 e. The van der Waals surface area contributed by atoms with E-state index < -0.39 is 0 Å². The Balaban J connectivity index is 1.87. The van der Waals surface area contributed by atoms with Crippen LogP contribution in [-0.2, 0) is 0 Å². The van der Waals surface area contributed by atoms with Crippen LogP contribution in [0.5, 0.6) is 0 Å². The molecule has 1 heterocycles. The lowest BCUT2D eigenvalue weighted by Crippen LogP contribution is -2.36. The highest BCUT2D eigenvalue weighted by Crippen LogP contribution is 2.32. The molecular weight excluding hydrogens is 273 g/mol. The zero-order chi connectivity index (χ0) is 14.1. The number of hydrogen-bond donors (Lipinski definition) is 1. The van der Waals surface area contributed by atoms with E-state index in [1.165, 1.54) is 36.7 Å². The van der Waals surface area contributed by atoms with E-state index in [0.29, 0.717) is 10.3 Å². The van der Waals surface area contributed by atoms with E-state index in [4.69, 9.17) is 0 Å². The number of thiophene rings is 1. The Morgan fingerprint density at radius 2 is 2.05 bits per heavy atom. The molecule has 0 unspecified atom stereocenters. The second-order valence-corrected chi connectivity index (χ2v) is 6.53. The molecule has 3 rings (SSSR count). The molecule has 4 heteroatoms. The molecule has 0 aliphatic heterocycles. The first kappa shape index (κ1) is 13.6. The minimum absolute atomic E-state index is 0.0463. The summed E-state index contributed by atoms with van der Waals surface area (Å²) in [5.41, 5.74) is 0.761. The lowest BCUT2D eigenvalue weighted by molar-refractivity contribution is 0.0931. The number of halogens is 1. The lowest BCUT2D eigenvalue weighted by Gasteiger charge is -2.22. The maximum absolute atomic E-state index is 13.9. The zero-order valence-corrected chi connectivity index (χ0v) is 12.4. The Morgan fingerprint density at radius 3 is 2.75 bits per heavy atom. The van der Waals surface area contributed by atoms with Crippen LogP contribution in [0.4, 0.5) is 4.39 Å². The third-order valence-electron chi connectivity index (χ3n) is 4.05. The van der Waals surface area contributed by atoms with Crippen LogP contribution >= 0.6 is 11.3 Å². The van der Waals surface area contributed by atoms with Gasteiger partial charge in [-0.05, 0) is 37.5 Å². The van der Waals surface area contributed by atoms with E-state index in [1.54, 1.807) is 6.07 Å². The van der Waals surface area contributed by atoms with Crippen molar-refractivity contribution in [1.82, 2.24) is 5.32 Å². The molecule has 1 aliphatic rings. The number of carbonyl (C=O) groups excluding carboxylic acids is 1. The third kappa shape index (κ3) is 2.44. The van der Waals surface area contributed by atoms with Crippen LogP contribution in [0.1, 0.15) is 47.3 Å². The van der Waals surface area contributed by atoms with Gasteiger partial charge in [0.25, 0.3) is 5.91 Å². The molecule has 1 saturated carbocycles. The first-order chi connectivity index (χ1) is 9.66. The predicted octanol–water partition coefficient (Wildman–Crippen LogP) is 4.41. The molecule has 1 fully saturated rings. The summed E-state index contributed by atoms with van der Waals surface area (Å²) < 4.78 is 14.7. The molecule has 106 valence electrons. The van der Waals surface area contributed by atoms with Gasteiger partial charge in [0.05, 0.1) is 4.88 Å². The first-order valence-electron chi connectivity index (χ1n) is 7.15. The molecule has 1 amide bonds. The van der Waals surface area contributed by atoms with Crippen LogP contribution in [0.3, 0.4) is 0 Å². The van der Waals surface area contributed by atoms with Gasteiger partial charge in [-0.15, -0.1) is 11.3 Å². The maximum atomic E-state index is 13.9. The fourth-order valence-corrected chi connectivity index (χ4v) is 4.09. The quantitative estimate of drug-likeness (QED) is 0.872. The summed E-state index contributed by atoms with van der Waals surface area (Å²) in [5, 5.41) is 3.69. The SMILES string of the molecule is Cc1c(C(=O)NC2CCCCC2)sc2cccc(F)c12. The summed E-state index contributed by atoms with van der Waals surface area (Å²) in [5.74, 6) is -0.289. The number of hydrogen-bond acceptors (Lipinski definition) is 2. The molecule has 20 heavy (non-hydrogen) atoms. The van der Waals surface area contributed by atoms with Crippen molar-refractivity contribution >= 4 is 27.3 Å². The summed E-state index contributed by atoms with van der Waals surface area (Å²) in [7, 11) is 0. The standard InChI is InChI=1S/C16H18FNOS/c1-10-14-12(17)8-5-9-13(14)20-15(10)16(19)18-11-6-3-2-4-7-11/h5,8-9,11H,2-4,6-7H2,1H3,(H,18,19). The van der Waals surface area contributed by atoms with Gasteiger partial charge in [-0.3, -0.25) is 4.79 Å². The van der Waals surface area contributed by atoms with Gasteiger partial charge < -0.3 is 5.32 Å². The topological polar surface area (TPSA) is 29.1 Å². The molecule has 0 radical (unpaired) electrons. The molecule has 0 atom stereocenters. The highest BCUT2D eigenvalue weighted by atomic mass is 32.1. The highest BCUT2D eigenvalue weighted by molar-refractivity contribution is 7.21. The molecular formula is C16H18FNOS. The predicted molar refractivity (Wildman–Crippen MR) is 80.9 cm³/mol. The van der Waals surface area contributed by atoms with Crippen molar-refractivity contribution in [3.8, 4) is 0 Å². The average molecular weight is 291 g/mol. The van der Waals surface area contributed by atoms with Crippen LogP contribution in [0.25, 0.3) is 10.1 Å². The van der Waals surface area contributed by atoms with Crippen molar-refractivity contribution in [2.45, 2.75) is 45.1 Å². The van der Waals surface area contributed by atoms with Gasteiger partial charge in [0.1, 0.15) is 5.82 Å². The van der Waals surface area contributed by atoms with Crippen molar-refractivity contribution in [3.63, 3.8) is 0 Å². The van der Waals surface area contributed by atoms with E-state index >= 15 is 0 Å². The van der Waals surface area contributed by atoms with Crippen LogP contribution in [0, 0.1) is 12.7 Å². The average Bonchev–Trinajstić information content (AvgIpc) is 2.79. The van der Waals surface area contributed by atoms with Gasteiger partial charge in [0.2, 0.25) is 0 Å². The highest BCUT2D eigenvalue weighted by Gasteiger charge is 2.21. The van der Waals surface area contributed by atoms with Gasteiger partial charge in [0, 0.05) is 16.1 Å². The van der Waals surface area contributed by atoms with Crippen molar-refractivity contribution in [1.29, 1.82) is 0 Å². The largest absolute Gasteiger partial charge is 0.349 e. The number of fused-ring (bicyclic) bond motifs is 1. The van der Waals surface area contributed by atoms with E-state index in [0.717, 1.165) is 23.1 Å². The van der Waals surface area contributed by atoms with E-state index in [1.807, 2.05) is 13.0 Å². The summed E-state index contributed by atoms with van der Waals surface area (Å²) in [4.78, 5) is 13.0. The fraction of sp³-hybridized carbons (Fsp3) is 0.438. The van der Waals surface area contributed by atoms with Crippen LogP contribution < -0.4 is 5.32 Å². The molecule has 0 spiro atoms. The second kappa shape index (κ2) is 5.52. The second-order valence-electron chi connectivity index (χ2n) is 5.48. The number of amides is 1. The summed E-state index contributed by atoms with van der Waals surface area (Å²) in [6.07, 6.45) is 5.75. The molecule has 1 aromatic heterocycles. The summed E-state index contributed by atoms with van der Waals surface area (Å²) >= 11 is 1.38. The smallest absolute Gasteiger partial charge is 0.261 e. The molecule has 0 bridgehead atoms. The molecule has 1 aromatic carbocycles. The van der Waals surface area contributed by atoms with Crippen molar-refractivity contribution in [3.05, 3.63) is 34.5 Å². The van der Waals surface area contributed by atoms with E-state index in [-0.39, 0.29) is 17.8 Å². The first-order valence-corrected chi connectivity index (χ1v) is 7.97. The summed E-state index contributed by atoms with van der Waals surface area (Å²) in [6.45, 7) is 1.83. The van der Waals surface area contributed by atoms with Crippen LogP contribution in [0.15, 0.2) is 18.2 Å². The number of carbonyl (C=O) groups is 1. The number of nitrogens with one attached hydrogen (secondary N) is 1. The summed E-state index contributed by atoms with van der Waals surface area (Å²) in [6, 6.07) is 5.29. The zero-order valence-electron chi connectivity index (χ0n) is 11.5. The molecule has 1 N–H and O–H groups in total. The molecule has 2 nitrogen and oxygen atoms in total. The van der Waals surface area contributed by atoms with Crippen LogP contribution in [0.2, 0.25) is 0 Å². The van der Waals surface area contributed by atoms with Crippen LogP contribution in [-0.4, -0.2) is 11.9 Å². The van der Waals surface area contributed by atoms with Gasteiger partial charge >= 0.3 is 0 Å². The monoisotopic (exact) mass is 291 g/mol. The van der Waals surface area contributed by atoms with Gasteiger partial charge in [-0.1, -0.05) is 25.3 Å². The van der Waals surface area contributed by atoms with Crippen molar-refractivity contribution in [2.75, 3.05) is 0 Å². The number of benzene rings is 1. The minimum atomic E-state index is -0.243. The Morgan fingerprint density at radius 1 is 1.30 bits per heavy atom. The molecule has 0 saturated heterocycles. The number of aryl methyl sites for hydroxylation is 1. The minimum Gasteiger partial charge on any atom is -0.349 e. The van der Waals surface area contributed by atoms with Gasteiger partial charge in [0.15, 0.2) is 0 Å². The Kier molecular flexibility index (Phi) is 3.74. The fourth-order valence-electron chi connectivity index (χ4n) is 2.97. The van der Waals surface area contributed by atoms with Crippen molar-refractivity contribution < 1.29 is 9.18 Å². The molecule has 2 aromatic rings. The Labute approximate surface area is 122 Å². The third-order valence-corrected chi connectivity index (χ3v) is 5.31. The van der Waals surface area contributed by atoms with Gasteiger partial charge in [-0.25, -0.2) is 4.39 Å². The lowest BCUT2D eigenvalue weighted by atomic mass is 9.95. The normalized spacial score (nSPS) is 16.5. The Hall–Kier alpha value is -1.42. The van der Waals surface area contributed by atoms with Gasteiger partial charge in [-0.2, -0.15) is 0 Å². The Bertz CT molecular complexity index is 643.